The van der Waals surface area contributed by atoms with Gasteiger partial charge in [-0.3, -0.25) is 9.48 Å². The molecular formula is C17H29N3O2. The van der Waals surface area contributed by atoms with Crippen molar-refractivity contribution in [2.24, 2.45) is 11.8 Å². The molecule has 0 aliphatic carbocycles. The van der Waals surface area contributed by atoms with E-state index in [0.29, 0.717) is 5.92 Å². The standard InChI is InChI=1S/C17H29N3O2/c1-12(2)16(21)10-17(22)19-7-5-15(6-8-19)11-20-14(4)9-13(3)18-20/h9,12,15-16,21H,5-8,10-11H2,1-4H3. The molecule has 124 valence electrons. The first-order valence-corrected chi connectivity index (χ1v) is 8.33. The number of amides is 1. The number of nitrogens with zero attached hydrogens (tertiary/aromatic N) is 3. The third-order valence-corrected chi connectivity index (χ3v) is 4.66. The molecule has 1 N–H and O–H groups in total. The highest BCUT2D eigenvalue weighted by Crippen LogP contribution is 2.21. The minimum absolute atomic E-state index is 0.0887. The molecule has 0 spiro atoms. The van der Waals surface area contributed by atoms with Gasteiger partial charge < -0.3 is 10.0 Å². The topological polar surface area (TPSA) is 58.4 Å². The molecule has 1 aromatic rings. The van der Waals surface area contributed by atoms with Gasteiger partial charge in [-0.1, -0.05) is 13.8 Å². The van der Waals surface area contributed by atoms with Crippen molar-refractivity contribution in [1.29, 1.82) is 0 Å². The van der Waals surface area contributed by atoms with Gasteiger partial charge >= 0.3 is 0 Å². The Morgan fingerprint density at radius 2 is 2.00 bits per heavy atom. The summed E-state index contributed by atoms with van der Waals surface area (Å²) in [5, 5.41) is 14.4. The van der Waals surface area contributed by atoms with Gasteiger partial charge in [0, 0.05) is 25.3 Å². The lowest BCUT2D eigenvalue weighted by Gasteiger charge is -2.33. The molecule has 1 amide bonds. The monoisotopic (exact) mass is 307 g/mol. The number of piperidine rings is 1. The number of carbonyl (C=O) groups excluding carboxylic acids is 1. The second kappa shape index (κ2) is 7.27. The van der Waals surface area contributed by atoms with Crippen molar-refractivity contribution in [1.82, 2.24) is 14.7 Å². The molecule has 5 nitrogen and oxygen atoms in total. The molecule has 1 aliphatic rings. The lowest BCUT2D eigenvalue weighted by molar-refractivity contribution is -0.135. The summed E-state index contributed by atoms with van der Waals surface area (Å²) in [4.78, 5) is 14.1. The Labute approximate surface area is 133 Å². The SMILES string of the molecule is Cc1cc(C)n(CC2CCN(C(=O)CC(O)C(C)C)CC2)n1. The summed E-state index contributed by atoms with van der Waals surface area (Å²) >= 11 is 0. The maximum Gasteiger partial charge on any atom is 0.225 e. The Bertz CT molecular complexity index is 502. The molecule has 1 unspecified atom stereocenters. The minimum atomic E-state index is -0.528. The summed E-state index contributed by atoms with van der Waals surface area (Å²) in [6.45, 7) is 10.5. The fourth-order valence-electron chi connectivity index (χ4n) is 3.01. The molecule has 22 heavy (non-hydrogen) atoms. The normalized spacial score (nSPS) is 18.0. The number of aliphatic hydroxyl groups is 1. The minimum Gasteiger partial charge on any atom is -0.392 e. The van der Waals surface area contributed by atoms with E-state index in [1.807, 2.05) is 25.7 Å². The zero-order valence-electron chi connectivity index (χ0n) is 14.2. The van der Waals surface area contributed by atoms with Crippen LogP contribution in [0.15, 0.2) is 6.07 Å². The van der Waals surface area contributed by atoms with E-state index in [1.54, 1.807) is 0 Å². The number of likely N-dealkylation sites (tertiary alicyclic amines) is 1. The summed E-state index contributed by atoms with van der Waals surface area (Å²) in [5.74, 6) is 0.801. The van der Waals surface area contributed by atoms with Crippen molar-refractivity contribution in [3.05, 3.63) is 17.5 Å². The van der Waals surface area contributed by atoms with Gasteiger partial charge in [-0.05, 0) is 44.6 Å². The Morgan fingerprint density at radius 1 is 1.36 bits per heavy atom. The van der Waals surface area contributed by atoms with E-state index in [4.69, 9.17) is 0 Å². The zero-order chi connectivity index (χ0) is 16.3. The second-order valence-electron chi connectivity index (χ2n) is 6.95. The molecule has 1 saturated heterocycles. The van der Waals surface area contributed by atoms with Gasteiger partial charge in [0.25, 0.3) is 0 Å². The number of hydrogen-bond acceptors (Lipinski definition) is 3. The van der Waals surface area contributed by atoms with Crippen LogP contribution in [0.5, 0.6) is 0 Å². The number of aromatic nitrogens is 2. The van der Waals surface area contributed by atoms with Crippen LogP contribution < -0.4 is 0 Å². The van der Waals surface area contributed by atoms with Crippen molar-refractivity contribution >= 4 is 5.91 Å². The van der Waals surface area contributed by atoms with Gasteiger partial charge in [0.05, 0.1) is 18.2 Å². The van der Waals surface area contributed by atoms with E-state index >= 15 is 0 Å². The second-order valence-corrected chi connectivity index (χ2v) is 6.95. The van der Waals surface area contributed by atoms with Crippen molar-refractivity contribution < 1.29 is 9.90 Å². The van der Waals surface area contributed by atoms with Crippen LogP contribution in [0.25, 0.3) is 0 Å². The van der Waals surface area contributed by atoms with Crippen molar-refractivity contribution in [3.63, 3.8) is 0 Å². The maximum atomic E-state index is 12.2. The van der Waals surface area contributed by atoms with Crippen LogP contribution in [0, 0.1) is 25.7 Å². The number of carbonyl (C=O) groups is 1. The fourth-order valence-corrected chi connectivity index (χ4v) is 3.01. The van der Waals surface area contributed by atoms with Gasteiger partial charge in [-0.25, -0.2) is 0 Å². The van der Waals surface area contributed by atoms with Gasteiger partial charge in [-0.15, -0.1) is 0 Å². The molecule has 2 rings (SSSR count). The lowest BCUT2D eigenvalue weighted by atomic mass is 9.96. The molecule has 2 heterocycles. The molecule has 0 aromatic carbocycles. The Balaban J connectivity index is 1.80. The molecule has 1 fully saturated rings. The van der Waals surface area contributed by atoms with Crippen LogP contribution in [-0.4, -0.2) is 44.9 Å². The fraction of sp³-hybridized carbons (Fsp3) is 0.765. The van der Waals surface area contributed by atoms with Crippen LogP contribution in [0.3, 0.4) is 0 Å². The average Bonchev–Trinajstić information content (AvgIpc) is 2.77. The van der Waals surface area contributed by atoms with Crippen LogP contribution >= 0.6 is 0 Å². The maximum absolute atomic E-state index is 12.2. The van der Waals surface area contributed by atoms with E-state index in [9.17, 15) is 9.90 Å². The highest BCUT2D eigenvalue weighted by molar-refractivity contribution is 5.76. The Kier molecular flexibility index (Phi) is 5.62. The molecule has 1 atom stereocenters. The Hall–Kier alpha value is -1.36. The van der Waals surface area contributed by atoms with Crippen molar-refractivity contribution in [2.75, 3.05) is 13.1 Å². The molecule has 0 saturated carbocycles. The summed E-state index contributed by atoms with van der Waals surface area (Å²) in [6, 6.07) is 2.10. The zero-order valence-corrected chi connectivity index (χ0v) is 14.2. The summed E-state index contributed by atoms with van der Waals surface area (Å²) in [5.41, 5.74) is 2.27. The van der Waals surface area contributed by atoms with Crippen molar-refractivity contribution in [2.45, 2.75) is 59.6 Å². The third kappa shape index (κ3) is 4.32. The lowest BCUT2D eigenvalue weighted by Crippen LogP contribution is -2.41. The largest absolute Gasteiger partial charge is 0.392 e. The average molecular weight is 307 g/mol. The molecule has 0 bridgehead atoms. The molecule has 1 aromatic heterocycles. The summed E-state index contributed by atoms with van der Waals surface area (Å²) in [6.07, 6.45) is 1.75. The molecule has 5 heteroatoms. The number of aliphatic hydroxyl groups excluding tert-OH is 1. The van der Waals surface area contributed by atoms with E-state index < -0.39 is 6.10 Å². The summed E-state index contributed by atoms with van der Waals surface area (Å²) < 4.78 is 2.08. The number of rotatable bonds is 5. The van der Waals surface area contributed by atoms with Gasteiger partial charge in [0.1, 0.15) is 0 Å². The first-order valence-electron chi connectivity index (χ1n) is 8.33. The first-order chi connectivity index (χ1) is 10.4. The summed E-state index contributed by atoms with van der Waals surface area (Å²) in [7, 11) is 0. The first kappa shape index (κ1) is 17.0. The van der Waals surface area contributed by atoms with Crippen LogP contribution in [0.1, 0.15) is 44.5 Å². The van der Waals surface area contributed by atoms with Gasteiger partial charge in [-0.2, -0.15) is 5.10 Å². The number of aryl methyl sites for hydroxylation is 2. The smallest absolute Gasteiger partial charge is 0.225 e. The van der Waals surface area contributed by atoms with Crippen LogP contribution in [0.4, 0.5) is 0 Å². The van der Waals surface area contributed by atoms with E-state index in [0.717, 1.165) is 38.2 Å². The quantitative estimate of drug-likeness (QED) is 0.907. The van der Waals surface area contributed by atoms with Crippen LogP contribution in [0.2, 0.25) is 0 Å². The molecule has 0 radical (unpaired) electrons. The number of hydrogen-bond donors (Lipinski definition) is 1. The van der Waals surface area contributed by atoms with Crippen LogP contribution in [-0.2, 0) is 11.3 Å². The predicted octanol–water partition coefficient (Wildman–Crippen LogP) is 2.15. The van der Waals surface area contributed by atoms with E-state index in [2.05, 4.69) is 22.8 Å². The van der Waals surface area contributed by atoms with E-state index in [1.165, 1.54) is 5.69 Å². The molecular weight excluding hydrogens is 278 g/mol. The molecule has 1 aliphatic heterocycles. The van der Waals surface area contributed by atoms with Crippen molar-refractivity contribution in [3.8, 4) is 0 Å². The predicted molar refractivity (Wildman–Crippen MR) is 86.5 cm³/mol. The third-order valence-electron chi connectivity index (χ3n) is 4.66. The van der Waals surface area contributed by atoms with Gasteiger partial charge in [0.2, 0.25) is 5.91 Å². The van der Waals surface area contributed by atoms with Gasteiger partial charge in [0.15, 0.2) is 0 Å². The Morgan fingerprint density at radius 3 is 2.50 bits per heavy atom. The highest BCUT2D eigenvalue weighted by Gasteiger charge is 2.25. The van der Waals surface area contributed by atoms with E-state index in [-0.39, 0.29) is 18.2 Å². The highest BCUT2D eigenvalue weighted by atomic mass is 16.3.